The van der Waals surface area contributed by atoms with E-state index in [9.17, 15) is 0 Å². The Labute approximate surface area is 173 Å². The average Bonchev–Trinajstić information content (AvgIpc) is 3.20. The Hall–Kier alpha value is -2.52. The second-order valence-electron chi connectivity index (χ2n) is 8.42. The van der Waals surface area contributed by atoms with Crippen LogP contribution in [0.25, 0.3) is 10.8 Å². The minimum Gasteiger partial charge on any atom is -0.497 e. The van der Waals surface area contributed by atoms with Crippen molar-refractivity contribution in [2.75, 3.05) is 44.7 Å². The molecule has 1 aliphatic heterocycles. The first-order chi connectivity index (χ1) is 14.3. The Balaban J connectivity index is 1.22. The highest BCUT2D eigenvalue weighted by Gasteiger charge is 2.24. The van der Waals surface area contributed by atoms with Crippen molar-refractivity contribution in [2.24, 2.45) is 0 Å². The lowest BCUT2D eigenvalue weighted by Crippen LogP contribution is -2.46. The van der Waals surface area contributed by atoms with Gasteiger partial charge in [-0.2, -0.15) is 0 Å². The fourth-order valence-corrected chi connectivity index (χ4v) is 5.13. The highest BCUT2D eigenvalue weighted by atomic mass is 16.5. The molecule has 0 unspecified atom stereocenters. The second kappa shape index (κ2) is 8.08. The maximum Gasteiger partial charge on any atom is 0.119 e. The molecule has 2 aliphatic rings. The Morgan fingerprint density at radius 1 is 0.931 bits per heavy atom. The number of fused-ring (bicyclic) bond motifs is 2. The Bertz CT molecular complexity index is 991. The van der Waals surface area contributed by atoms with Crippen molar-refractivity contribution in [1.82, 2.24) is 4.90 Å². The van der Waals surface area contributed by atoms with Crippen molar-refractivity contribution in [3.63, 3.8) is 0 Å². The first-order valence-electron chi connectivity index (χ1n) is 10.9. The molecule has 3 heteroatoms. The third-order valence-electron chi connectivity index (χ3n) is 6.83. The quantitative estimate of drug-likeness (QED) is 0.607. The van der Waals surface area contributed by atoms with Gasteiger partial charge in [-0.15, -0.1) is 0 Å². The average molecular weight is 387 g/mol. The monoisotopic (exact) mass is 386 g/mol. The molecule has 1 heterocycles. The molecule has 0 aromatic heterocycles. The number of methoxy groups -OCH3 is 1. The Kier molecular flexibility index (Phi) is 5.15. The summed E-state index contributed by atoms with van der Waals surface area (Å²) in [6, 6.07) is 22.0. The van der Waals surface area contributed by atoms with Crippen molar-refractivity contribution >= 4 is 16.5 Å². The summed E-state index contributed by atoms with van der Waals surface area (Å²) >= 11 is 0. The number of aryl methyl sites for hydroxylation is 1. The van der Waals surface area contributed by atoms with Crippen molar-refractivity contribution in [3.05, 3.63) is 71.8 Å². The molecule has 0 bridgehead atoms. The zero-order valence-corrected chi connectivity index (χ0v) is 17.3. The topological polar surface area (TPSA) is 15.7 Å². The van der Waals surface area contributed by atoms with Gasteiger partial charge in [0.2, 0.25) is 0 Å². The van der Waals surface area contributed by atoms with Crippen LogP contribution >= 0.6 is 0 Å². The first-order valence-corrected chi connectivity index (χ1v) is 10.9. The standard InChI is InChI=1S/C26H30N2O/c1-29-23-12-11-21-6-4-8-26(25(21)19-23)28-17-15-27(16-18-28)14-13-22-10-9-20-5-2-3-7-24(20)22/h2-8,11-12,19,22H,9-10,13-18H2,1H3/t22-/m1/s1. The number of benzene rings is 3. The van der Waals surface area contributed by atoms with Gasteiger partial charge in [-0.3, -0.25) is 4.90 Å². The smallest absolute Gasteiger partial charge is 0.119 e. The maximum atomic E-state index is 5.46. The van der Waals surface area contributed by atoms with Crippen molar-refractivity contribution in [2.45, 2.75) is 25.2 Å². The summed E-state index contributed by atoms with van der Waals surface area (Å²) in [4.78, 5) is 5.20. The molecule has 3 nitrogen and oxygen atoms in total. The number of ether oxygens (including phenoxy) is 1. The van der Waals surface area contributed by atoms with Gasteiger partial charge in [0.05, 0.1) is 7.11 Å². The lowest BCUT2D eigenvalue weighted by molar-refractivity contribution is 0.248. The van der Waals surface area contributed by atoms with Crippen molar-refractivity contribution in [1.29, 1.82) is 0 Å². The van der Waals surface area contributed by atoms with E-state index in [0.29, 0.717) is 0 Å². The summed E-state index contributed by atoms with van der Waals surface area (Å²) in [5.41, 5.74) is 4.52. The van der Waals surface area contributed by atoms with E-state index in [0.717, 1.165) is 37.8 Å². The Morgan fingerprint density at radius 2 is 1.79 bits per heavy atom. The molecule has 1 fully saturated rings. The van der Waals surface area contributed by atoms with E-state index in [-0.39, 0.29) is 0 Å². The molecule has 1 aliphatic carbocycles. The zero-order chi connectivity index (χ0) is 19.6. The van der Waals surface area contributed by atoms with Crippen LogP contribution in [-0.2, 0) is 6.42 Å². The number of hydrogen-bond donors (Lipinski definition) is 0. The summed E-state index contributed by atoms with van der Waals surface area (Å²) in [7, 11) is 1.74. The van der Waals surface area contributed by atoms with Crippen LogP contribution in [0.4, 0.5) is 5.69 Å². The van der Waals surface area contributed by atoms with Gasteiger partial charge in [0.15, 0.2) is 0 Å². The Morgan fingerprint density at radius 3 is 2.66 bits per heavy atom. The van der Waals surface area contributed by atoms with Gasteiger partial charge in [0.1, 0.15) is 5.75 Å². The van der Waals surface area contributed by atoms with Crippen molar-refractivity contribution in [3.8, 4) is 5.75 Å². The van der Waals surface area contributed by atoms with Crippen LogP contribution in [0.2, 0.25) is 0 Å². The number of nitrogens with zero attached hydrogens (tertiary/aromatic N) is 2. The lowest BCUT2D eigenvalue weighted by atomic mass is 9.97. The fraction of sp³-hybridized carbons (Fsp3) is 0.385. The number of rotatable bonds is 5. The largest absolute Gasteiger partial charge is 0.497 e. The number of piperazine rings is 1. The molecule has 1 saturated heterocycles. The highest BCUT2D eigenvalue weighted by molar-refractivity contribution is 5.95. The van der Waals surface area contributed by atoms with Crippen LogP contribution in [-0.4, -0.2) is 44.7 Å². The summed E-state index contributed by atoms with van der Waals surface area (Å²) in [5, 5.41) is 2.58. The molecule has 0 spiro atoms. The third kappa shape index (κ3) is 3.72. The predicted molar refractivity (Wildman–Crippen MR) is 121 cm³/mol. The van der Waals surface area contributed by atoms with Gasteiger partial charge in [-0.25, -0.2) is 0 Å². The molecule has 1 atom stereocenters. The third-order valence-corrected chi connectivity index (χ3v) is 6.83. The van der Waals surface area contributed by atoms with E-state index >= 15 is 0 Å². The van der Waals surface area contributed by atoms with Gasteiger partial charge < -0.3 is 9.64 Å². The first kappa shape index (κ1) is 18.5. The molecule has 5 rings (SSSR count). The number of hydrogen-bond acceptors (Lipinski definition) is 3. The molecular formula is C26H30N2O. The molecule has 0 amide bonds. The zero-order valence-electron chi connectivity index (χ0n) is 17.3. The lowest BCUT2D eigenvalue weighted by Gasteiger charge is -2.37. The highest BCUT2D eigenvalue weighted by Crippen LogP contribution is 2.35. The normalized spacial score (nSPS) is 19.5. The van der Waals surface area contributed by atoms with E-state index in [2.05, 4.69) is 64.4 Å². The summed E-state index contributed by atoms with van der Waals surface area (Å²) in [6.45, 7) is 5.70. The van der Waals surface area contributed by atoms with Crippen LogP contribution in [0, 0.1) is 0 Å². The summed E-state index contributed by atoms with van der Waals surface area (Å²) in [6.07, 6.45) is 3.89. The summed E-state index contributed by atoms with van der Waals surface area (Å²) in [5.74, 6) is 1.69. The summed E-state index contributed by atoms with van der Waals surface area (Å²) < 4.78 is 5.46. The number of anilines is 1. The van der Waals surface area contributed by atoms with Gasteiger partial charge >= 0.3 is 0 Å². The van der Waals surface area contributed by atoms with Crippen LogP contribution in [0.1, 0.15) is 29.9 Å². The van der Waals surface area contributed by atoms with Crippen LogP contribution in [0.5, 0.6) is 5.75 Å². The van der Waals surface area contributed by atoms with Gasteiger partial charge in [0.25, 0.3) is 0 Å². The van der Waals surface area contributed by atoms with Crippen molar-refractivity contribution < 1.29 is 4.74 Å². The second-order valence-corrected chi connectivity index (χ2v) is 8.42. The molecule has 0 N–H and O–H groups in total. The minimum absolute atomic E-state index is 0.759. The van der Waals surface area contributed by atoms with Crippen LogP contribution < -0.4 is 9.64 Å². The van der Waals surface area contributed by atoms with Crippen LogP contribution in [0.15, 0.2) is 60.7 Å². The molecule has 0 radical (unpaired) electrons. The maximum absolute atomic E-state index is 5.46. The molecule has 3 aromatic rings. The molecule has 3 aromatic carbocycles. The van der Waals surface area contributed by atoms with E-state index < -0.39 is 0 Å². The predicted octanol–water partition coefficient (Wildman–Crippen LogP) is 5.09. The molecular weight excluding hydrogens is 356 g/mol. The van der Waals surface area contributed by atoms with E-state index in [1.807, 2.05) is 6.07 Å². The van der Waals surface area contributed by atoms with E-state index in [1.165, 1.54) is 42.3 Å². The van der Waals surface area contributed by atoms with Crippen LogP contribution in [0.3, 0.4) is 0 Å². The van der Waals surface area contributed by atoms with E-state index in [4.69, 9.17) is 4.74 Å². The minimum atomic E-state index is 0.759. The fourth-order valence-electron chi connectivity index (χ4n) is 5.13. The van der Waals surface area contributed by atoms with Gasteiger partial charge in [-0.05, 0) is 66.4 Å². The molecule has 29 heavy (non-hydrogen) atoms. The van der Waals surface area contributed by atoms with Gasteiger partial charge in [0, 0.05) is 37.3 Å². The van der Waals surface area contributed by atoms with E-state index in [1.54, 1.807) is 18.2 Å². The molecule has 150 valence electrons. The SMILES string of the molecule is COc1ccc2cccc(N3CCN(CC[C@H]4CCc5ccccc54)CC3)c2c1. The van der Waals surface area contributed by atoms with Gasteiger partial charge in [-0.1, -0.05) is 42.5 Å². The molecule has 0 saturated carbocycles.